The van der Waals surface area contributed by atoms with Gasteiger partial charge in [-0.2, -0.15) is 5.10 Å². The second kappa shape index (κ2) is 3.49. The van der Waals surface area contributed by atoms with Crippen molar-refractivity contribution in [2.75, 3.05) is 5.73 Å². The number of H-pyrrole nitrogens is 1. The summed E-state index contributed by atoms with van der Waals surface area (Å²) >= 11 is 5.97. The minimum absolute atomic E-state index is 0.509. The molecule has 0 bridgehead atoms. The molecular weight excluding hydrogens is 238 g/mol. The van der Waals surface area contributed by atoms with Crippen molar-refractivity contribution < 1.29 is 0 Å². The van der Waals surface area contributed by atoms with Crippen molar-refractivity contribution in [3.8, 4) is 11.4 Å². The van der Waals surface area contributed by atoms with Crippen molar-refractivity contribution in [2.24, 2.45) is 7.05 Å². The summed E-state index contributed by atoms with van der Waals surface area (Å²) in [5.74, 6) is 1.28. The third-order valence-corrected chi connectivity index (χ3v) is 2.99. The van der Waals surface area contributed by atoms with Gasteiger partial charge in [-0.05, 0) is 18.2 Å². The zero-order chi connectivity index (χ0) is 12.0. The lowest BCUT2D eigenvalue weighted by Crippen LogP contribution is -1.95. The Morgan fingerprint density at radius 3 is 2.94 bits per heavy atom. The Hall–Kier alpha value is -2.01. The Bertz CT molecular complexity index is 697. The van der Waals surface area contributed by atoms with E-state index < -0.39 is 0 Å². The molecule has 86 valence electrons. The van der Waals surface area contributed by atoms with E-state index in [1.54, 1.807) is 6.20 Å². The Kier molecular flexibility index (Phi) is 2.09. The third-order valence-electron chi connectivity index (χ3n) is 2.75. The summed E-state index contributed by atoms with van der Waals surface area (Å²) in [6.07, 6.45) is 1.66. The number of nitrogens with two attached hydrogens (primary N) is 1. The first-order valence-corrected chi connectivity index (χ1v) is 5.46. The zero-order valence-electron chi connectivity index (χ0n) is 9.11. The number of rotatable bonds is 1. The lowest BCUT2D eigenvalue weighted by molar-refractivity contribution is 0.960. The lowest BCUT2D eigenvalue weighted by atomic mass is 10.3. The Balaban J connectivity index is 2.32. The van der Waals surface area contributed by atoms with E-state index in [1.807, 2.05) is 29.8 Å². The van der Waals surface area contributed by atoms with Gasteiger partial charge in [-0.25, -0.2) is 4.98 Å². The van der Waals surface area contributed by atoms with Crippen LogP contribution in [0.4, 0.5) is 5.82 Å². The number of imidazole rings is 1. The van der Waals surface area contributed by atoms with Gasteiger partial charge in [0.2, 0.25) is 0 Å². The standard InChI is InChI=1S/C11H10ClN5/c1-17-9-4-6(12)2-3-8(9)15-11(17)7-5-14-16-10(7)13/h2-5H,1H3,(H3,13,14,16). The van der Waals surface area contributed by atoms with Crippen molar-refractivity contribution in [3.05, 3.63) is 29.4 Å². The molecule has 0 spiro atoms. The number of aromatic nitrogens is 4. The van der Waals surface area contributed by atoms with Crippen molar-refractivity contribution in [2.45, 2.75) is 0 Å². The molecule has 0 atom stereocenters. The number of aromatic amines is 1. The molecule has 1 aromatic carbocycles. The van der Waals surface area contributed by atoms with Gasteiger partial charge in [0.1, 0.15) is 11.6 Å². The highest BCUT2D eigenvalue weighted by Gasteiger charge is 2.13. The molecule has 5 nitrogen and oxygen atoms in total. The Morgan fingerprint density at radius 2 is 2.24 bits per heavy atom. The molecule has 0 amide bonds. The zero-order valence-corrected chi connectivity index (χ0v) is 9.86. The maximum absolute atomic E-state index is 5.97. The van der Waals surface area contributed by atoms with Crippen LogP contribution < -0.4 is 5.73 Å². The minimum atomic E-state index is 0.509. The number of nitrogen functional groups attached to an aromatic ring is 1. The molecule has 0 saturated heterocycles. The van der Waals surface area contributed by atoms with E-state index in [9.17, 15) is 0 Å². The maximum atomic E-state index is 5.97. The first-order chi connectivity index (χ1) is 8.16. The van der Waals surface area contributed by atoms with Gasteiger partial charge in [-0.1, -0.05) is 11.6 Å². The Labute approximate surface area is 102 Å². The first kappa shape index (κ1) is 10.2. The SMILES string of the molecule is Cn1c(-c2cn[nH]c2N)nc2ccc(Cl)cc21. The van der Waals surface area contributed by atoms with Crippen molar-refractivity contribution in [1.82, 2.24) is 19.7 Å². The average molecular weight is 248 g/mol. The summed E-state index contributed by atoms with van der Waals surface area (Å²) < 4.78 is 1.95. The quantitative estimate of drug-likeness (QED) is 0.692. The van der Waals surface area contributed by atoms with Gasteiger partial charge in [-0.3, -0.25) is 5.10 Å². The molecule has 17 heavy (non-hydrogen) atoms. The van der Waals surface area contributed by atoms with E-state index in [0.717, 1.165) is 22.4 Å². The summed E-state index contributed by atoms with van der Waals surface area (Å²) in [5, 5.41) is 7.28. The van der Waals surface area contributed by atoms with Crippen molar-refractivity contribution in [1.29, 1.82) is 0 Å². The molecule has 0 aliphatic rings. The van der Waals surface area contributed by atoms with Gasteiger partial charge in [0.25, 0.3) is 0 Å². The highest BCUT2D eigenvalue weighted by Crippen LogP contribution is 2.27. The van der Waals surface area contributed by atoms with E-state index in [0.29, 0.717) is 10.8 Å². The molecule has 2 aromatic heterocycles. The van der Waals surface area contributed by atoms with E-state index in [2.05, 4.69) is 15.2 Å². The van der Waals surface area contributed by atoms with Crippen LogP contribution in [0.25, 0.3) is 22.4 Å². The molecule has 3 aromatic rings. The van der Waals surface area contributed by atoms with E-state index in [1.165, 1.54) is 0 Å². The molecule has 2 heterocycles. The van der Waals surface area contributed by atoms with Crippen LogP contribution in [0.2, 0.25) is 5.02 Å². The molecule has 3 rings (SSSR count). The molecule has 0 fully saturated rings. The van der Waals surface area contributed by atoms with Crippen LogP contribution in [0.1, 0.15) is 0 Å². The maximum Gasteiger partial charge on any atom is 0.146 e. The van der Waals surface area contributed by atoms with Crippen LogP contribution >= 0.6 is 11.6 Å². The second-order valence-electron chi connectivity index (χ2n) is 3.82. The second-order valence-corrected chi connectivity index (χ2v) is 4.26. The minimum Gasteiger partial charge on any atom is -0.383 e. The van der Waals surface area contributed by atoms with Gasteiger partial charge in [0, 0.05) is 12.1 Å². The number of halogens is 1. The van der Waals surface area contributed by atoms with Crippen molar-refractivity contribution >= 4 is 28.5 Å². The number of hydrogen-bond acceptors (Lipinski definition) is 3. The third kappa shape index (κ3) is 1.47. The van der Waals surface area contributed by atoms with Crippen molar-refractivity contribution in [3.63, 3.8) is 0 Å². The first-order valence-electron chi connectivity index (χ1n) is 5.08. The molecule has 0 aliphatic heterocycles. The molecule has 0 saturated carbocycles. The van der Waals surface area contributed by atoms with Crippen LogP contribution in [-0.4, -0.2) is 19.7 Å². The number of hydrogen-bond donors (Lipinski definition) is 2. The average Bonchev–Trinajstić information content (AvgIpc) is 2.84. The summed E-state index contributed by atoms with van der Waals surface area (Å²) in [4.78, 5) is 4.52. The predicted molar refractivity (Wildman–Crippen MR) is 67.7 cm³/mol. The van der Waals surface area contributed by atoms with E-state index in [-0.39, 0.29) is 0 Å². The summed E-state index contributed by atoms with van der Waals surface area (Å²) in [6.45, 7) is 0. The normalized spacial score (nSPS) is 11.2. The van der Waals surface area contributed by atoms with Crippen LogP contribution in [0.3, 0.4) is 0 Å². The molecular formula is C11H10ClN5. The number of anilines is 1. The van der Waals surface area contributed by atoms with Crippen LogP contribution in [0.5, 0.6) is 0 Å². The molecule has 0 unspecified atom stereocenters. The fourth-order valence-electron chi connectivity index (χ4n) is 1.88. The highest BCUT2D eigenvalue weighted by atomic mass is 35.5. The number of benzene rings is 1. The van der Waals surface area contributed by atoms with Crippen LogP contribution in [0, 0.1) is 0 Å². The van der Waals surface area contributed by atoms with Gasteiger partial charge >= 0.3 is 0 Å². The Morgan fingerprint density at radius 1 is 1.41 bits per heavy atom. The largest absolute Gasteiger partial charge is 0.383 e. The number of fused-ring (bicyclic) bond motifs is 1. The van der Waals surface area contributed by atoms with Gasteiger partial charge in [0.05, 0.1) is 22.8 Å². The molecule has 0 aliphatic carbocycles. The highest BCUT2D eigenvalue weighted by molar-refractivity contribution is 6.31. The fraction of sp³-hybridized carbons (Fsp3) is 0.0909. The van der Waals surface area contributed by atoms with Gasteiger partial charge in [0.15, 0.2) is 0 Å². The van der Waals surface area contributed by atoms with E-state index >= 15 is 0 Å². The van der Waals surface area contributed by atoms with Crippen LogP contribution in [-0.2, 0) is 7.05 Å². The number of nitrogens with one attached hydrogen (secondary N) is 1. The molecule has 6 heteroatoms. The monoisotopic (exact) mass is 247 g/mol. The number of aryl methyl sites for hydroxylation is 1. The summed E-state index contributed by atoms with van der Waals surface area (Å²) in [7, 11) is 1.92. The number of nitrogens with zero attached hydrogens (tertiary/aromatic N) is 3. The van der Waals surface area contributed by atoms with E-state index in [4.69, 9.17) is 17.3 Å². The van der Waals surface area contributed by atoms with Gasteiger partial charge < -0.3 is 10.3 Å². The smallest absolute Gasteiger partial charge is 0.146 e. The molecule has 3 N–H and O–H groups in total. The molecule has 0 radical (unpaired) electrons. The van der Waals surface area contributed by atoms with Crippen LogP contribution in [0.15, 0.2) is 24.4 Å². The fourth-order valence-corrected chi connectivity index (χ4v) is 2.04. The lowest BCUT2D eigenvalue weighted by Gasteiger charge is -2.00. The summed E-state index contributed by atoms with van der Waals surface area (Å²) in [6, 6.07) is 5.58. The predicted octanol–water partition coefficient (Wildman–Crippen LogP) is 2.20. The summed E-state index contributed by atoms with van der Waals surface area (Å²) in [5.41, 5.74) is 8.44. The topological polar surface area (TPSA) is 72.5 Å². The van der Waals surface area contributed by atoms with Gasteiger partial charge in [-0.15, -0.1) is 0 Å².